The van der Waals surface area contributed by atoms with E-state index >= 15 is 0 Å². The molecular weight excluding hydrogens is 434 g/mol. The predicted octanol–water partition coefficient (Wildman–Crippen LogP) is 3.22. The van der Waals surface area contributed by atoms with Gasteiger partial charge in [-0.05, 0) is 77.7 Å². The molecule has 2 aliphatic heterocycles. The van der Waals surface area contributed by atoms with Crippen molar-refractivity contribution < 1.29 is 13.2 Å². The fourth-order valence-electron chi connectivity index (χ4n) is 4.29. The average molecular weight is 456 g/mol. The fourth-order valence-corrected chi connectivity index (χ4v) is 5.73. The first-order chi connectivity index (χ1) is 14.9. The van der Waals surface area contributed by atoms with Gasteiger partial charge < -0.3 is 10.2 Å². The maximum Gasteiger partial charge on any atom is 0.245 e. The second-order valence-corrected chi connectivity index (χ2v) is 10.1. The van der Waals surface area contributed by atoms with Crippen LogP contribution in [-0.2, 0) is 27.8 Å². The first-order valence-electron chi connectivity index (χ1n) is 10.3. The van der Waals surface area contributed by atoms with Gasteiger partial charge in [0.15, 0.2) is 0 Å². The van der Waals surface area contributed by atoms with Crippen molar-refractivity contribution >= 4 is 44.0 Å². The van der Waals surface area contributed by atoms with E-state index in [2.05, 4.69) is 16.1 Å². The molecule has 0 saturated carbocycles. The van der Waals surface area contributed by atoms with E-state index in [-0.39, 0.29) is 10.8 Å². The van der Waals surface area contributed by atoms with E-state index in [0.29, 0.717) is 18.0 Å². The van der Waals surface area contributed by atoms with Crippen molar-refractivity contribution in [3.8, 4) is 0 Å². The number of rotatable bonds is 4. The molecule has 3 aromatic carbocycles. The van der Waals surface area contributed by atoms with Crippen LogP contribution in [0.3, 0.4) is 0 Å². The standard InChI is InChI=1S/C23H22ClN3O3S/c24-19-4-1-16-13-21(6-3-15(16)11-19)31(29,30)26-22-8-10-27(23(22)28)20-5-2-18-14-25-9-7-17(18)12-20/h1-6,11-13,22,25-26H,7-10,14H2/t22-/m0/s1. The summed E-state index contributed by atoms with van der Waals surface area (Å²) in [6.07, 6.45) is 1.36. The first-order valence-corrected chi connectivity index (χ1v) is 12.1. The Bertz CT molecular complexity index is 1290. The van der Waals surface area contributed by atoms with Gasteiger partial charge in [-0.2, -0.15) is 4.72 Å². The van der Waals surface area contributed by atoms with Crippen LogP contribution in [0.15, 0.2) is 59.5 Å². The smallest absolute Gasteiger partial charge is 0.245 e. The molecule has 1 saturated heterocycles. The van der Waals surface area contributed by atoms with E-state index in [1.807, 2.05) is 12.1 Å². The number of carbonyl (C=O) groups excluding carboxylic acids is 1. The molecule has 0 unspecified atom stereocenters. The third-order valence-corrected chi connectivity index (χ3v) is 7.68. The monoisotopic (exact) mass is 455 g/mol. The van der Waals surface area contributed by atoms with Crippen molar-refractivity contribution in [3.63, 3.8) is 0 Å². The van der Waals surface area contributed by atoms with E-state index in [4.69, 9.17) is 11.6 Å². The lowest BCUT2D eigenvalue weighted by molar-refractivity contribution is -0.118. The molecule has 1 fully saturated rings. The molecular formula is C23H22ClN3O3S. The molecule has 2 N–H and O–H groups in total. The zero-order valence-corrected chi connectivity index (χ0v) is 18.3. The van der Waals surface area contributed by atoms with Gasteiger partial charge in [-0.15, -0.1) is 0 Å². The Morgan fingerprint density at radius 1 is 1.00 bits per heavy atom. The molecule has 1 amide bonds. The zero-order valence-electron chi connectivity index (χ0n) is 16.8. The minimum absolute atomic E-state index is 0.134. The number of fused-ring (bicyclic) bond motifs is 2. The second kappa shape index (κ2) is 7.91. The van der Waals surface area contributed by atoms with Crippen molar-refractivity contribution in [1.82, 2.24) is 10.0 Å². The molecule has 0 spiro atoms. The molecule has 0 bridgehead atoms. The lowest BCUT2D eigenvalue weighted by Crippen LogP contribution is -2.41. The van der Waals surface area contributed by atoms with Gasteiger partial charge in [0, 0.05) is 23.8 Å². The van der Waals surface area contributed by atoms with E-state index in [9.17, 15) is 13.2 Å². The van der Waals surface area contributed by atoms with Crippen LogP contribution in [0, 0.1) is 0 Å². The van der Waals surface area contributed by atoms with Crippen molar-refractivity contribution in [2.45, 2.75) is 30.3 Å². The minimum atomic E-state index is -3.84. The Balaban J connectivity index is 1.35. The van der Waals surface area contributed by atoms with Gasteiger partial charge in [-0.25, -0.2) is 8.42 Å². The number of nitrogens with one attached hydrogen (secondary N) is 2. The van der Waals surface area contributed by atoms with Crippen LogP contribution in [0.25, 0.3) is 10.8 Å². The number of halogens is 1. The number of carbonyl (C=O) groups is 1. The first kappa shape index (κ1) is 20.5. The van der Waals surface area contributed by atoms with Crippen LogP contribution in [0.1, 0.15) is 17.5 Å². The predicted molar refractivity (Wildman–Crippen MR) is 122 cm³/mol. The lowest BCUT2D eigenvalue weighted by Gasteiger charge is -2.22. The highest BCUT2D eigenvalue weighted by Gasteiger charge is 2.36. The van der Waals surface area contributed by atoms with E-state index < -0.39 is 16.1 Å². The Labute approximate surface area is 186 Å². The number of amides is 1. The van der Waals surface area contributed by atoms with Gasteiger partial charge in [-0.3, -0.25) is 4.79 Å². The molecule has 2 aliphatic rings. The Hall–Kier alpha value is -2.45. The zero-order chi connectivity index (χ0) is 21.6. The Morgan fingerprint density at radius 2 is 1.81 bits per heavy atom. The normalized spacial score (nSPS) is 19.1. The van der Waals surface area contributed by atoms with Gasteiger partial charge in [0.2, 0.25) is 15.9 Å². The molecule has 5 rings (SSSR count). The number of hydrogen-bond acceptors (Lipinski definition) is 4. The summed E-state index contributed by atoms with van der Waals surface area (Å²) < 4.78 is 28.5. The number of nitrogens with zero attached hydrogens (tertiary/aromatic N) is 1. The highest BCUT2D eigenvalue weighted by molar-refractivity contribution is 7.89. The van der Waals surface area contributed by atoms with Gasteiger partial charge in [0.1, 0.15) is 6.04 Å². The Morgan fingerprint density at radius 3 is 2.68 bits per heavy atom. The summed E-state index contributed by atoms with van der Waals surface area (Å²) >= 11 is 6.01. The lowest BCUT2D eigenvalue weighted by atomic mass is 10.0. The number of hydrogen-bond donors (Lipinski definition) is 2. The van der Waals surface area contributed by atoms with Crippen LogP contribution in [0.4, 0.5) is 5.69 Å². The van der Waals surface area contributed by atoms with Crippen LogP contribution in [0.5, 0.6) is 0 Å². The molecule has 0 aliphatic carbocycles. The Kier molecular flexibility index (Phi) is 5.22. The third-order valence-electron chi connectivity index (χ3n) is 5.98. The van der Waals surface area contributed by atoms with Crippen LogP contribution < -0.4 is 14.9 Å². The van der Waals surface area contributed by atoms with Gasteiger partial charge in [0.05, 0.1) is 4.90 Å². The molecule has 160 valence electrons. The maximum absolute atomic E-state index is 13.0. The quantitative estimate of drug-likeness (QED) is 0.633. The minimum Gasteiger partial charge on any atom is -0.312 e. The van der Waals surface area contributed by atoms with Gasteiger partial charge in [-0.1, -0.05) is 29.8 Å². The van der Waals surface area contributed by atoms with Crippen molar-refractivity contribution in [3.05, 3.63) is 70.7 Å². The van der Waals surface area contributed by atoms with E-state index in [1.165, 1.54) is 17.2 Å². The molecule has 0 radical (unpaired) electrons. The SMILES string of the molecule is O=C1[C@@H](NS(=O)(=O)c2ccc3cc(Cl)ccc3c2)CCN1c1ccc2c(c1)CCNC2. The summed E-state index contributed by atoms with van der Waals surface area (Å²) in [5.74, 6) is -0.218. The summed E-state index contributed by atoms with van der Waals surface area (Å²) in [6.45, 7) is 2.24. The van der Waals surface area contributed by atoms with Crippen molar-refractivity contribution in [2.24, 2.45) is 0 Å². The molecule has 8 heteroatoms. The van der Waals surface area contributed by atoms with Crippen LogP contribution >= 0.6 is 11.6 Å². The van der Waals surface area contributed by atoms with Gasteiger partial charge in [0.25, 0.3) is 0 Å². The summed E-state index contributed by atoms with van der Waals surface area (Å²) in [5, 5.41) is 5.56. The number of benzene rings is 3. The molecule has 0 aromatic heterocycles. The number of sulfonamides is 1. The summed E-state index contributed by atoms with van der Waals surface area (Å²) in [4.78, 5) is 14.8. The van der Waals surface area contributed by atoms with Crippen molar-refractivity contribution in [1.29, 1.82) is 0 Å². The highest BCUT2D eigenvalue weighted by atomic mass is 35.5. The van der Waals surface area contributed by atoms with E-state index in [0.717, 1.165) is 36.0 Å². The van der Waals surface area contributed by atoms with Gasteiger partial charge >= 0.3 is 0 Å². The molecule has 6 nitrogen and oxygen atoms in total. The third kappa shape index (κ3) is 3.94. The molecule has 3 aromatic rings. The summed E-state index contributed by atoms with van der Waals surface area (Å²) in [6, 6.07) is 15.4. The fraction of sp³-hybridized carbons (Fsp3) is 0.261. The van der Waals surface area contributed by atoms with E-state index in [1.54, 1.807) is 35.2 Å². The maximum atomic E-state index is 13.0. The molecule has 2 heterocycles. The number of anilines is 1. The molecule has 31 heavy (non-hydrogen) atoms. The summed E-state index contributed by atoms with van der Waals surface area (Å²) in [7, 11) is -3.84. The van der Waals surface area contributed by atoms with Crippen molar-refractivity contribution in [2.75, 3.05) is 18.0 Å². The van der Waals surface area contributed by atoms with Crippen LogP contribution in [-0.4, -0.2) is 33.5 Å². The van der Waals surface area contributed by atoms with Crippen LogP contribution in [0.2, 0.25) is 5.02 Å². The topological polar surface area (TPSA) is 78.5 Å². The summed E-state index contributed by atoms with van der Waals surface area (Å²) in [5.41, 5.74) is 3.32. The largest absolute Gasteiger partial charge is 0.312 e. The molecule has 1 atom stereocenters. The highest BCUT2D eigenvalue weighted by Crippen LogP contribution is 2.27. The average Bonchev–Trinajstić information content (AvgIpc) is 3.12. The second-order valence-electron chi connectivity index (χ2n) is 7.99.